The quantitative estimate of drug-likeness (QED) is 0.604. The van der Waals surface area contributed by atoms with Crippen LogP contribution in [0.5, 0.6) is 0 Å². The highest BCUT2D eigenvalue weighted by molar-refractivity contribution is 5.85. The fraction of sp³-hybridized carbons (Fsp3) is 0.200. The summed E-state index contributed by atoms with van der Waals surface area (Å²) in [5.74, 6) is 0. The fourth-order valence-electron chi connectivity index (χ4n) is 1.85. The molecule has 0 radical (unpaired) electrons. The molecule has 0 bridgehead atoms. The lowest BCUT2D eigenvalue weighted by Gasteiger charge is -1.98. The molecule has 3 rings (SSSR count). The number of aromatic amines is 1. The molecular formula is C10H10N2. The van der Waals surface area contributed by atoms with Crippen LogP contribution in [0.15, 0.2) is 24.4 Å². The Morgan fingerprint density at radius 2 is 2.25 bits per heavy atom. The molecule has 0 saturated carbocycles. The van der Waals surface area contributed by atoms with E-state index in [0.29, 0.717) is 0 Å². The van der Waals surface area contributed by atoms with E-state index < -0.39 is 0 Å². The molecule has 1 aliphatic rings. The molecule has 0 spiro atoms. The maximum Gasteiger partial charge on any atom is 0.0458 e. The zero-order chi connectivity index (χ0) is 7.97. The van der Waals surface area contributed by atoms with Gasteiger partial charge in [0.15, 0.2) is 0 Å². The van der Waals surface area contributed by atoms with E-state index in [-0.39, 0.29) is 0 Å². The van der Waals surface area contributed by atoms with E-state index in [1.807, 2.05) is 6.20 Å². The fourth-order valence-corrected chi connectivity index (χ4v) is 1.85. The van der Waals surface area contributed by atoms with Gasteiger partial charge in [0.2, 0.25) is 0 Å². The van der Waals surface area contributed by atoms with Crippen molar-refractivity contribution in [2.75, 3.05) is 11.9 Å². The molecule has 0 aliphatic carbocycles. The number of nitrogens with one attached hydrogen (secondary N) is 2. The van der Waals surface area contributed by atoms with Gasteiger partial charge in [-0.15, -0.1) is 0 Å². The number of H-pyrrole nitrogens is 1. The Morgan fingerprint density at radius 1 is 1.25 bits per heavy atom. The second-order valence-corrected chi connectivity index (χ2v) is 3.25. The third-order valence-electron chi connectivity index (χ3n) is 2.49. The molecule has 0 atom stereocenters. The summed E-state index contributed by atoms with van der Waals surface area (Å²) in [6, 6.07) is 6.56. The Kier molecular flexibility index (Phi) is 1.04. The first-order valence-electron chi connectivity index (χ1n) is 4.27. The molecule has 2 heterocycles. The first kappa shape index (κ1) is 6.12. The maximum atomic E-state index is 3.37. The number of anilines is 1. The van der Waals surface area contributed by atoms with Crippen LogP contribution in [0.1, 0.15) is 5.56 Å². The number of hydrogen-bond donors (Lipinski definition) is 2. The van der Waals surface area contributed by atoms with Crippen LogP contribution in [-0.2, 0) is 6.42 Å². The molecule has 0 amide bonds. The van der Waals surface area contributed by atoms with E-state index in [4.69, 9.17) is 0 Å². The minimum atomic E-state index is 1.09. The molecule has 1 aromatic carbocycles. The largest absolute Gasteiger partial charge is 0.384 e. The van der Waals surface area contributed by atoms with Gasteiger partial charge in [-0.2, -0.15) is 0 Å². The van der Waals surface area contributed by atoms with Gasteiger partial charge in [0.25, 0.3) is 0 Å². The summed E-state index contributed by atoms with van der Waals surface area (Å²) in [5.41, 5.74) is 3.99. The van der Waals surface area contributed by atoms with E-state index in [0.717, 1.165) is 13.0 Å². The Labute approximate surface area is 70.6 Å². The summed E-state index contributed by atoms with van der Waals surface area (Å²) in [6.07, 6.45) is 3.14. The van der Waals surface area contributed by atoms with Crippen LogP contribution in [0.3, 0.4) is 0 Å². The van der Waals surface area contributed by atoms with Gasteiger partial charge in [0.1, 0.15) is 0 Å². The van der Waals surface area contributed by atoms with Crippen molar-refractivity contribution in [3.8, 4) is 0 Å². The second-order valence-electron chi connectivity index (χ2n) is 3.25. The Hall–Kier alpha value is -1.44. The van der Waals surface area contributed by atoms with E-state index >= 15 is 0 Å². The molecule has 2 N–H and O–H groups in total. The summed E-state index contributed by atoms with van der Waals surface area (Å²) >= 11 is 0. The van der Waals surface area contributed by atoms with Gasteiger partial charge in [0, 0.05) is 29.3 Å². The summed E-state index contributed by atoms with van der Waals surface area (Å²) < 4.78 is 0. The monoisotopic (exact) mass is 158 g/mol. The number of rotatable bonds is 0. The summed E-state index contributed by atoms with van der Waals surface area (Å²) in [5, 5.41) is 4.66. The summed E-state index contributed by atoms with van der Waals surface area (Å²) in [7, 11) is 0. The smallest absolute Gasteiger partial charge is 0.0458 e. The molecule has 2 aromatic rings. The average Bonchev–Trinajstić information content (AvgIpc) is 2.64. The van der Waals surface area contributed by atoms with Crippen LogP contribution in [0.2, 0.25) is 0 Å². The van der Waals surface area contributed by atoms with Crippen LogP contribution in [-0.4, -0.2) is 11.5 Å². The van der Waals surface area contributed by atoms with Crippen molar-refractivity contribution < 1.29 is 0 Å². The molecular weight excluding hydrogens is 148 g/mol. The predicted molar refractivity (Wildman–Crippen MR) is 50.5 cm³/mol. The van der Waals surface area contributed by atoms with Crippen molar-refractivity contribution in [1.29, 1.82) is 0 Å². The van der Waals surface area contributed by atoms with Gasteiger partial charge in [-0.05, 0) is 30.2 Å². The molecule has 2 nitrogen and oxygen atoms in total. The predicted octanol–water partition coefficient (Wildman–Crippen LogP) is 2.14. The van der Waals surface area contributed by atoms with Gasteiger partial charge in [0.05, 0.1) is 0 Å². The van der Waals surface area contributed by atoms with Gasteiger partial charge >= 0.3 is 0 Å². The topological polar surface area (TPSA) is 27.8 Å². The lowest BCUT2D eigenvalue weighted by Crippen LogP contribution is -1.90. The van der Waals surface area contributed by atoms with Crippen molar-refractivity contribution in [2.24, 2.45) is 0 Å². The molecule has 60 valence electrons. The van der Waals surface area contributed by atoms with E-state index in [9.17, 15) is 0 Å². The summed E-state index contributed by atoms with van der Waals surface area (Å²) in [4.78, 5) is 3.22. The molecule has 0 unspecified atom stereocenters. The standard InChI is InChI=1S/C10H10N2/c1-3-11-9-6-8-2-4-12-10(8)5-7(1)9/h1,3,5-6,11-12H,2,4H2. The zero-order valence-corrected chi connectivity index (χ0v) is 6.72. The van der Waals surface area contributed by atoms with Gasteiger partial charge in [-0.3, -0.25) is 0 Å². The number of benzene rings is 1. The maximum absolute atomic E-state index is 3.37. The van der Waals surface area contributed by atoms with Crippen molar-refractivity contribution in [3.05, 3.63) is 30.0 Å². The molecule has 0 fully saturated rings. The third-order valence-corrected chi connectivity index (χ3v) is 2.49. The lowest BCUT2D eigenvalue weighted by molar-refractivity contribution is 1.11. The van der Waals surface area contributed by atoms with E-state index in [1.165, 1.54) is 22.2 Å². The van der Waals surface area contributed by atoms with Crippen LogP contribution in [0, 0.1) is 0 Å². The van der Waals surface area contributed by atoms with E-state index in [2.05, 4.69) is 28.5 Å². The first-order valence-corrected chi connectivity index (χ1v) is 4.27. The van der Waals surface area contributed by atoms with Crippen LogP contribution in [0.25, 0.3) is 10.9 Å². The SMILES string of the molecule is c1cc2cc3c(cc2[nH]1)CCN3. The van der Waals surface area contributed by atoms with Gasteiger partial charge < -0.3 is 10.3 Å². The van der Waals surface area contributed by atoms with Crippen molar-refractivity contribution in [1.82, 2.24) is 4.98 Å². The average molecular weight is 158 g/mol. The van der Waals surface area contributed by atoms with Crippen LogP contribution >= 0.6 is 0 Å². The highest BCUT2D eigenvalue weighted by Crippen LogP contribution is 2.27. The molecule has 2 heteroatoms. The Bertz CT molecular complexity index is 390. The van der Waals surface area contributed by atoms with Crippen molar-refractivity contribution in [3.63, 3.8) is 0 Å². The summed E-state index contributed by atoms with van der Waals surface area (Å²) in [6.45, 7) is 1.09. The zero-order valence-electron chi connectivity index (χ0n) is 6.72. The normalized spacial score (nSPS) is 14.7. The molecule has 1 aromatic heterocycles. The van der Waals surface area contributed by atoms with Crippen LogP contribution < -0.4 is 5.32 Å². The lowest BCUT2D eigenvalue weighted by atomic mass is 10.1. The second kappa shape index (κ2) is 2.03. The molecule has 12 heavy (non-hydrogen) atoms. The van der Waals surface area contributed by atoms with Gasteiger partial charge in [-0.1, -0.05) is 0 Å². The van der Waals surface area contributed by atoms with Gasteiger partial charge in [-0.25, -0.2) is 0 Å². The Balaban J connectivity index is 2.38. The number of hydrogen-bond acceptors (Lipinski definition) is 1. The minimum absolute atomic E-state index is 1.09. The van der Waals surface area contributed by atoms with Crippen molar-refractivity contribution in [2.45, 2.75) is 6.42 Å². The number of fused-ring (bicyclic) bond motifs is 2. The molecule has 0 saturated heterocycles. The number of aromatic nitrogens is 1. The first-order chi connectivity index (χ1) is 5.93. The third kappa shape index (κ3) is 0.694. The minimum Gasteiger partial charge on any atom is -0.384 e. The van der Waals surface area contributed by atoms with Crippen LogP contribution in [0.4, 0.5) is 5.69 Å². The Morgan fingerprint density at radius 3 is 3.25 bits per heavy atom. The van der Waals surface area contributed by atoms with E-state index in [1.54, 1.807) is 0 Å². The van der Waals surface area contributed by atoms with Crippen molar-refractivity contribution >= 4 is 16.6 Å². The highest BCUT2D eigenvalue weighted by Gasteiger charge is 2.10. The highest BCUT2D eigenvalue weighted by atomic mass is 14.9. The molecule has 1 aliphatic heterocycles.